The molecule has 3 nitrogen and oxygen atoms in total. The molecule has 1 aromatic heterocycles. The lowest BCUT2D eigenvalue weighted by atomic mass is 10.0. The van der Waals surface area contributed by atoms with Gasteiger partial charge in [-0.05, 0) is 42.7 Å². The van der Waals surface area contributed by atoms with Crippen molar-refractivity contribution in [3.05, 3.63) is 69.9 Å². The fraction of sp³-hybridized carbons (Fsp3) is 0.167. The van der Waals surface area contributed by atoms with Crippen molar-refractivity contribution >= 4 is 27.8 Å². The number of carbonyl (C=O) groups is 1. The van der Waals surface area contributed by atoms with E-state index in [1.165, 1.54) is 35.1 Å². The number of aliphatic hydroxyl groups excluding tert-OH is 1. The van der Waals surface area contributed by atoms with E-state index in [2.05, 4.69) is 18.3 Å². The number of allylic oxidation sites excluding steroid dienone is 4. The van der Waals surface area contributed by atoms with Crippen LogP contribution < -0.4 is 5.32 Å². The summed E-state index contributed by atoms with van der Waals surface area (Å²) in [5.74, 6) is -0.841. The van der Waals surface area contributed by atoms with Gasteiger partial charge in [0.15, 0.2) is 0 Å². The third kappa shape index (κ3) is 3.25. The fourth-order valence-electron chi connectivity index (χ4n) is 2.56. The number of aliphatic hydroxyl groups is 1. The summed E-state index contributed by atoms with van der Waals surface area (Å²) in [5, 5.41) is 15.0. The van der Waals surface area contributed by atoms with Crippen LogP contribution in [-0.2, 0) is 6.61 Å². The molecule has 0 spiro atoms. The molecule has 0 radical (unpaired) electrons. The highest BCUT2D eigenvalue weighted by Crippen LogP contribution is 2.37. The maximum absolute atomic E-state index is 13.2. The van der Waals surface area contributed by atoms with Crippen molar-refractivity contribution in [2.24, 2.45) is 0 Å². The van der Waals surface area contributed by atoms with Crippen LogP contribution >= 0.6 is 11.3 Å². The van der Waals surface area contributed by atoms with Crippen LogP contribution in [-0.4, -0.2) is 11.0 Å². The van der Waals surface area contributed by atoms with Crippen molar-refractivity contribution < 1.29 is 14.3 Å². The van der Waals surface area contributed by atoms with E-state index in [4.69, 9.17) is 0 Å². The maximum atomic E-state index is 13.2. The lowest BCUT2D eigenvalue weighted by molar-refractivity contribution is 0.102. The molecule has 5 heteroatoms. The second-order valence-corrected chi connectivity index (χ2v) is 6.34. The number of amides is 1. The molecule has 0 saturated carbocycles. The molecule has 1 aliphatic carbocycles. The number of hydrogen-bond donors (Lipinski definition) is 2. The molecular weight excluding hydrogens is 313 g/mol. The maximum Gasteiger partial charge on any atom is 0.256 e. The van der Waals surface area contributed by atoms with Gasteiger partial charge >= 0.3 is 0 Å². The number of nitrogens with one attached hydrogen (secondary N) is 1. The van der Waals surface area contributed by atoms with E-state index in [1.807, 2.05) is 11.5 Å². The normalized spacial score (nSPS) is 13.7. The highest BCUT2D eigenvalue weighted by atomic mass is 32.1. The lowest BCUT2D eigenvalue weighted by Crippen LogP contribution is -2.12. The van der Waals surface area contributed by atoms with Crippen molar-refractivity contribution in [1.29, 1.82) is 0 Å². The molecule has 0 fully saturated rings. The minimum absolute atomic E-state index is 0.159. The monoisotopic (exact) mass is 329 g/mol. The highest BCUT2D eigenvalue weighted by Gasteiger charge is 2.18. The summed E-state index contributed by atoms with van der Waals surface area (Å²) < 4.78 is 13.2. The molecule has 0 atom stereocenters. The summed E-state index contributed by atoms with van der Waals surface area (Å²) >= 11 is 1.37. The summed E-state index contributed by atoms with van der Waals surface area (Å²) in [6, 6.07) is 5.53. The fourth-order valence-corrected chi connectivity index (χ4v) is 3.56. The quantitative estimate of drug-likeness (QED) is 0.875. The number of rotatable bonds is 4. The highest BCUT2D eigenvalue weighted by molar-refractivity contribution is 7.14. The molecule has 1 aromatic carbocycles. The van der Waals surface area contributed by atoms with E-state index < -0.39 is 5.82 Å². The summed E-state index contributed by atoms with van der Waals surface area (Å²) in [5.41, 5.74) is 4.31. The summed E-state index contributed by atoms with van der Waals surface area (Å²) in [7, 11) is 0. The Morgan fingerprint density at radius 1 is 1.39 bits per heavy atom. The Balaban J connectivity index is 1.84. The van der Waals surface area contributed by atoms with Crippen molar-refractivity contribution in [1.82, 2.24) is 0 Å². The van der Waals surface area contributed by atoms with E-state index in [-0.39, 0.29) is 18.1 Å². The Kier molecular flexibility index (Phi) is 4.41. The van der Waals surface area contributed by atoms with E-state index in [9.17, 15) is 14.3 Å². The molecule has 3 rings (SSSR count). The molecule has 1 heterocycles. The minimum atomic E-state index is -0.454. The SMILES string of the molecule is CC1=CC=C(c2csc(NC(=O)c3cccc(F)c3)c2CO)C1. The van der Waals surface area contributed by atoms with Crippen LogP contribution in [0.25, 0.3) is 5.57 Å². The van der Waals surface area contributed by atoms with E-state index in [0.29, 0.717) is 10.6 Å². The van der Waals surface area contributed by atoms with E-state index in [0.717, 1.165) is 17.6 Å². The average Bonchev–Trinajstić information content (AvgIpc) is 3.13. The predicted molar refractivity (Wildman–Crippen MR) is 90.9 cm³/mol. The first-order valence-corrected chi connectivity index (χ1v) is 8.11. The zero-order valence-corrected chi connectivity index (χ0v) is 13.4. The zero-order chi connectivity index (χ0) is 16.4. The third-order valence-electron chi connectivity index (χ3n) is 3.75. The van der Waals surface area contributed by atoms with Gasteiger partial charge in [-0.1, -0.05) is 23.8 Å². The van der Waals surface area contributed by atoms with Gasteiger partial charge in [0.05, 0.1) is 6.61 Å². The molecule has 0 saturated heterocycles. The Hall–Kier alpha value is -2.24. The average molecular weight is 329 g/mol. The molecule has 1 amide bonds. The first-order valence-electron chi connectivity index (χ1n) is 7.23. The predicted octanol–water partition coefficient (Wildman–Crippen LogP) is 4.37. The van der Waals surface area contributed by atoms with Gasteiger partial charge in [0, 0.05) is 16.5 Å². The number of benzene rings is 1. The van der Waals surface area contributed by atoms with Gasteiger partial charge in [0.1, 0.15) is 10.8 Å². The van der Waals surface area contributed by atoms with Crippen LogP contribution in [0.1, 0.15) is 34.8 Å². The number of hydrogen-bond acceptors (Lipinski definition) is 3. The molecule has 2 aromatic rings. The van der Waals surface area contributed by atoms with Gasteiger partial charge in [-0.15, -0.1) is 11.3 Å². The third-order valence-corrected chi connectivity index (χ3v) is 4.69. The second kappa shape index (κ2) is 6.48. The zero-order valence-electron chi connectivity index (χ0n) is 12.6. The van der Waals surface area contributed by atoms with Crippen molar-refractivity contribution in [2.45, 2.75) is 20.0 Å². The Morgan fingerprint density at radius 3 is 2.87 bits per heavy atom. The number of carbonyl (C=O) groups excluding carboxylic acids is 1. The Bertz CT molecular complexity index is 820. The van der Waals surface area contributed by atoms with Crippen molar-refractivity contribution in [3.63, 3.8) is 0 Å². The summed E-state index contributed by atoms with van der Waals surface area (Å²) in [6.07, 6.45) is 4.94. The van der Waals surface area contributed by atoms with Crippen LogP contribution in [0, 0.1) is 5.82 Å². The first-order chi connectivity index (χ1) is 11.1. The van der Waals surface area contributed by atoms with Gasteiger partial charge < -0.3 is 10.4 Å². The number of halogens is 1. The Labute approximate surface area is 137 Å². The van der Waals surface area contributed by atoms with Crippen LogP contribution in [0.5, 0.6) is 0 Å². The van der Waals surface area contributed by atoms with E-state index >= 15 is 0 Å². The van der Waals surface area contributed by atoms with Crippen LogP contribution in [0.4, 0.5) is 9.39 Å². The van der Waals surface area contributed by atoms with Gasteiger partial charge in [0.2, 0.25) is 0 Å². The van der Waals surface area contributed by atoms with Crippen LogP contribution in [0.3, 0.4) is 0 Å². The first kappa shape index (κ1) is 15.6. The standard InChI is InChI=1S/C18H16FNO2S/c1-11-5-6-12(7-11)16-10-23-18(15(16)9-21)20-17(22)13-3-2-4-14(19)8-13/h2-6,8,10,21H,7,9H2,1H3,(H,20,22). The van der Waals surface area contributed by atoms with Gasteiger partial charge in [0.25, 0.3) is 5.91 Å². The lowest BCUT2D eigenvalue weighted by Gasteiger charge is -2.08. The molecule has 1 aliphatic rings. The van der Waals surface area contributed by atoms with Crippen molar-refractivity contribution in [3.8, 4) is 0 Å². The smallest absolute Gasteiger partial charge is 0.256 e. The molecule has 23 heavy (non-hydrogen) atoms. The number of anilines is 1. The molecule has 2 N–H and O–H groups in total. The topological polar surface area (TPSA) is 49.3 Å². The van der Waals surface area contributed by atoms with E-state index in [1.54, 1.807) is 6.07 Å². The second-order valence-electron chi connectivity index (χ2n) is 5.46. The molecule has 0 aliphatic heterocycles. The summed E-state index contributed by atoms with van der Waals surface area (Å²) in [6.45, 7) is 1.90. The molecule has 118 valence electrons. The number of thiophene rings is 1. The molecule has 0 unspecified atom stereocenters. The Morgan fingerprint density at radius 2 is 2.22 bits per heavy atom. The van der Waals surface area contributed by atoms with Crippen LogP contribution in [0.2, 0.25) is 0 Å². The molecular formula is C18H16FNO2S. The van der Waals surface area contributed by atoms with Gasteiger partial charge in [-0.3, -0.25) is 4.79 Å². The van der Waals surface area contributed by atoms with Gasteiger partial charge in [-0.2, -0.15) is 0 Å². The van der Waals surface area contributed by atoms with Crippen LogP contribution in [0.15, 0.2) is 47.4 Å². The largest absolute Gasteiger partial charge is 0.392 e. The molecule has 0 bridgehead atoms. The minimum Gasteiger partial charge on any atom is -0.392 e. The summed E-state index contributed by atoms with van der Waals surface area (Å²) in [4.78, 5) is 12.2. The van der Waals surface area contributed by atoms with Crippen molar-refractivity contribution in [2.75, 3.05) is 5.32 Å². The van der Waals surface area contributed by atoms with Gasteiger partial charge in [-0.25, -0.2) is 4.39 Å².